The molecule has 0 saturated carbocycles. The third kappa shape index (κ3) is 7.07. The average Bonchev–Trinajstić information content (AvgIpc) is 4.15. The van der Waals surface area contributed by atoms with Gasteiger partial charge in [0.1, 0.15) is 0 Å². The molecule has 4 aromatic heterocycles. The van der Waals surface area contributed by atoms with Gasteiger partial charge in [0.25, 0.3) is 0 Å². The fourth-order valence-electron chi connectivity index (χ4n) is 11.4. The van der Waals surface area contributed by atoms with Crippen LogP contribution in [0.3, 0.4) is 0 Å². The number of rotatable bonds is 8. The number of benzene rings is 11. The summed E-state index contributed by atoms with van der Waals surface area (Å²) in [6.07, 6.45) is 0. The van der Waals surface area contributed by atoms with Gasteiger partial charge in [0, 0.05) is 66.1 Å². The third-order valence-corrected chi connectivity index (χ3v) is 14.9. The maximum absolute atomic E-state index is 5.11. The summed E-state index contributed by atoms with van der Waals surface area (Å²) in [5.41, 5.74) is 17.7. The Morgan fingerprint density at radius 2 is 0.520 bits per heavy atom. The smallest absolute Gasteiger partial charge is 0.164 e. The van der Waals surface area contributed by atoms with Crippen LogP contribution < -0.4 is 0 Å². The first-order chi connectivity index (χ1) is 37.2. The first kappa shape index (κ1) is 42.5. The topological polar surface area (TPSA) is 53.5 Å². The maximum atomic E-state index is 5.11. The van der Waals surface area contributed by atoms with Crippen molar-refractivity contribution in [3.05, 3.63) is 267 Å². The largest absolute Gasteiger partial charge is 0.309 e. The standard InChI is InChI=1S/C69H44N6/c1-4-17-47(18-5-1)67-70-68(48-19-6-2-7-20-48)72-69(71-67)51-21-16-24-53(41-51)74-65-39-36-50(43-59(65)60-44-54(37-40-66(60)74)75-61-28-13-10-25-55(61)56-26-11-14-29-62(56)75)46-33-31-45(32-34-46)49-35-38-64-58(42-49)57-27-12-15-30-63(57)73(64)52-22-8-3-9-23-52/h1-44H. The summed E-state index contributed by atoms with van der Waals surface area (Å²) in [6, 6.07) is 95.4. The van der Waals surface area contributed by atoms with Crippen molar-refractivity contribution in [1.82, 2.24) is 28.7 Å². The van der Waals surface area contributed by atoms with Crippen molar-refractivity contribution in [2.45, 2.75) is 0 Å². The van der Waals surface area contributed by atoms with Crippen molar-refractivity contribution in [3.63, 3.8) is 0 Å². The Kier molecular flexibility index (Phi) is 9.78. The van der Waals surface area contributed by atoms with E-state index < -0.39 is 0 Å². The number of nitrogens with zero attached hydrogens (tertiary/aromatic N) is 6. The van der Waals surface area contributed by atoms with Crippen LogP contribution in [0.4, 0.5) is 0 Å². The van der Waals surface area contributed by atoms with Gasteiger partial charge < -0.3 is 13.7 Å². The van der Waals surface area contributed by atoms with Gasteiger partial charge in [-0.05, 0) is 107 Å². The van der Waals surface area contributed by atoms with E-state index in [9.17, 15) is 0 Å². The van der Waals surface area contributed by atoms with Gasteiger partial charge in [-0.3, -0.25) is 0 Å². The quantitative estimate of drug-likeness (QED) is 0.152. The highest BCUT2D eigenvalue weighted by atomic mass is 15.0. The summed E-state index contributed by atoms with van der Waals surface area (Å²) < 4.78 is 7.16. The normalized spacial score (nSPS) is 11.7. The molecule has 0 fully saturated rings. The fraction of sp³-hybridized carbons (Fsp3) is 0. The molecule has 6 nitrogen and oxygen atoms in total. The lowest BCUT2D eigenvalue weighted by molar-refractivity contribution is 1.07. The Morgan fingerprint density at radius 3 is 1.04 bits per heavy atom. The highest BCUT2D eigenvalue weighted by molar-refractivity contribution is 6.14. The molecule has 75 heavy (non-hydrogen) atoms. The molecule has 6 heteroatoms. The molecular weight excluding hydrogens is 913 g/mol. The van der Waals surface area contributed by atoms with Crippen LogP contribution in [0.5, 0.6) is 0 Å². The van der Waals surface area contributed by atoms with Crippen LogP contribution in [0.25, 0.3) is 139 Å². The maximum Gasteiger partial charge on any atom is 0.164 e. The minimum atomic E-state index is 0.614. The van der Waals surface area contributed by atoms with Gasteiger partial charge in [0.05, 0.1) is 33.1 Å². The van der Waals surface area contributed by atoms with E-state index in [0.29, 0.717) is 17.5 Å². The SMILES string of the molecule is c1ccc(-c2nc(-c3ccccc3)nc(-c3cccc(-n4c5ccc(-c6ccc(-c7ccc8c(c7)c7ccccc7n8-c7ccccc7)cc6)cc5c5cc(-n6c7ccccc7c7ccccc76)ccc54)c3)n2)cc1. The minimum absolute atomic E-state index is 0.614. The van der Waals surface area contributed by atoms with Crippen molar-refractivity contribution in [1.29, 1.82) is 0 Å². The van der Waals surface area contributed by atoms with Crippen LogP contribution in [0.15, 0.2) is 267 Å². The predicted octanol–water partition coefficient (Wildman–Crippen LogP) is 17.5. The molecule has 0 aliphatic heterocycles. The van der Waals surface area contributed by atoms with Gasteiger partial charge in [-0.2, -0.15) is 0 Å². The lowest BCUT2D eigenvalue weighted by atomic mass is 9.98. The van der Waals surface area contributed by atoms with Crippen molar-refractivity contribution in [2.24, 2.45) is 0 Å². The van der Waals surface area contributed by atoms with E-state index in [1.807, 2.05) is 60.7 Å². The highest BCUT2D eigenvalue weighted by Crippen LogP contribution is 2.41. The zero-order valence-electron chi connectivity index (χ0n) is 40.6. The molecule has 0 saturated heterocycles. The molecule has 15 aromatic rings. The molecule has 0 bridgehead atoms. The summed E-state index contributed by atoms with van der Waals surface area (Å²) in [5, 5.41) is 7.29. The Bertz CT molecular complexity index is 4570. The van der Waals surface area contributed by atoms with Crippen LogP contribution in [-0.4, -0.2) is 28.7 Å². The van der Waals surface area contributed by atoms with Crippen LogP contribution in [-0.2, 0) is 0 Å². The summed E-state index contributed by atoms with van der Waals surface area (Å²) in [5.74, 6) is 1.88. The van der Waals surface area contributed by atoms with E-state index >= 15 is 0 Å². The Morgan fingerprint density at radius 1 is 0.187 bits per heavy atom. The predicted molar refractivity (Wildman–Crippen MR) is 310 cm³/mol. The molecule has 0 aliphatic carbocycles. The highest BCUT2D eigenvalue weighted by Gasteiger charge is 2.20. The molecule has 4 heterocycles. The number of para-hydroxylation sites is 4. The molecule has 0 aliphatic rings. The Balaban J connectivity index is 0.875. The van der Waals surface area contributed by atoms with Gasteiger partial charge in [0.15, 0.2) is 17.5 Å². The van der Waals surface area contributed by atoms with Crippen molar-refractivity contribution < 1.29 is 0 Å². The van der Waals surface area contributed by atoms with E-state index in [2.05, 4.69) is 220 Å². The average molecular weight is 957 g/mol. The third-order valence-electron chi connectivity index (χ3n) is 14.9. The van der Waals surface area contributed by atoms with Crippen molar-refractivity contribution in [3.8, 4) is 73.5 Å². The van der Waals surface area contributed by atoms with E-state index in [-0.39, 0.29) is 0 Å². The summed E-state index contributed by atoms with van der Waals surface area (Å²) in [4.78, 5) is 15.2. The Labute approximate surface area is 432 Å². The van der Waals surface area contributed by atoms with Crippen LogP contribution in [0.1, 0.15) is 0 Å². The molecule has 11 aromatic carbocycles. The minimum Gasteiger partial charge on any atom is -0.309 e. The van der Waals surface area contributed by atoms with Gasteiger partial charge in [-0.15, -0.1) is 0 Å². The lowest BCUT2D eigenvalue weighted by Crippen LogP contribution is -2.01. The van der Waals surface area contributed by atoms with E-state index in [4.69, 9.17) is 15.0 Å². The second-order valence-corrected chi connectivity index (χ2v) is 19.2. The van der Waals surface area contributed by atoms with Gasteiger partial charge in [-0.1, -0.05) is 182 Å². The van der Waals surface area contributed by atoms with Crippen LogP contribution in [0.2, 0.25) is 0 Å². The molecule has 0 atom stereocenters. The van der Waals surface area contributed by atoms with Gasteiger partial charge in [0.2, 0.25) is 0 Å². The summed E-state index contributed by atoms with van der Waals surface area (Å²) >= 11 is 0. The van der Waals surface area contributed by atoms with Crippen molar-refractivity contribution in [2.75, 3.05) is 0 Å². The number of hydrogen-bond acceptors (Lipinski definition) is 3. The molecule has 350 valence electrons. The number of fused-ring (bicyclic) bond motifs is 9. The summed E-state index contributed by atoms with van der Waals surface area (Å²) in [6.45, 7) is 0. The second-order valence-electron chi connectivity index (χ2n) is 19.2. The number of hydrogen-bond donors (Lipinski definition) is 0. The molecular formula is C69H44N6. The summed E-state index contributed by atoms with van der Waals surface area (Å²) in [7, 11) is 0. The number of aromatic nitrogens is 6. The van der Waals surface area contributed by atoms with Crippen LogP contribution in [0, 0.1) is 0 Å². The zero-order valence-corrected chi connectivity index (χ0v) is 40.6. The molecule has 0 N–H and O–H groups in total. The van der Waals surface area contributed by atoms with Crippen molar-refractivity contribution >= 4 is 65.4 Å². The first-order valence-corrected chi connectivity index (χ1v) is 25.4. The molecule has 0 spiro atoms. The van der Waals surface area contributed by atoms with Crippen LogP contribution >= 0.6 is 0 Å². The van der Waals surface area contributed by atoms with E-state index in [0.717, 1.165) is 66.7 Å². The van der Waals surface area contributed by atoms with E-state index in [1.54, 1.807) is 0 Å². The zero-order chi connectivity index (χ0) is 49.4. The molecule has 0 amide bonds. The lowest BCUT2D eigenvalue weighted by Gasteiger charge is -2.12. The Hall–Kier alpha value is -10.2. The monoisotopic (exact) mass is 956 g/mol. The molecule has 0 radical (unpaired) electrons. The molecule has 0 unspecified atom stereocenters. The second kappa shape index (κ2) is 17.3. The van der Waals surface area contributed by atoms with Gasteiger partial charge >= 0.3 is 0 Å². The van der Waals surface area contributed by atoms with Gasteiger partial charge in [-0.25, -0.2) is 15.0 Å². The fourth-order valence-corrected chi connectivity index (χ4v) is 11.4. The molecule has 15 rings (SSSR count). The van der Waals surface area contributed by atoms with E-state index in [1.165, 1.54) is 54.7 Å². The first-order valence-electron chi connectivity index (χ1n) is 25.4.